The van der Waals surface area contributed by atoms with E-state index in [4.69, 9.17) is 9.26 Å². The second kappa shape index (κ2) is 10.1. The number of nitrogens with one attached hydrogen (secondary N) is 1. The van der Waals surface area contributed by atoms with Gasteiger partial charge in [-0.3, -0.25) is 4.79 Å². The van der Waals surface area contributed by atoms with E-state index in [-0.39, 0.29) is 36.1 Å². The Hall–Kier alpha value is -3.24. The third-order valence-corrected chi connectivity index (χ3v) is 6.75. The molecule has 1 heterocycles. The molecule has 0 spiro atoms. The summed E-state index contributed by atoms with van der Waals surface area (Å²) in [7, 11) is -2.38. The van der Waals surface area contributed by atoms with Gasteiger partial charge in [0.2, 0.25) is 15.9 Å². The highest BCUT2D eigenvalue weighted by Crippen LogP contribution is 2.25. The molecule has 0 unspecified atom stereocenters. The molecule has 1 aromatic heterocycles. The van der Waals surface area contributed by atoms with Crippen LogP contribution in [0.1, 0.15) is 35.3 Å². The van der Waals surface area contributed by atoms with Gasteiger partial charge in [-0.25, -0.2) is 12.7 Å². The third kappa shape index (κ3) is 6.39. The average Bonchev–Trinajstić information content (AvgIpc) is 3.18. The fourth-order valence-corrected chi connectivity index (χ4v) is 4.69. The molecule has 0 atom stereocenters. The Kier molecular flexibility index (Phi) is 7.50. The predicted molar refractivity (Wildman–Crippen MR) is 124 cm³/mol. The Morgan fingerprint density at radius 2 is 1.79 bits per heavy atom. The lowest BCUT2D eigenvalue weighted by Gasteiger charge is -2.19. The van der Waals surface area contributed by atoms with E-state index in [0.717, 1.165) is 16.7 Å². The van der Waals surface area contributed by atoms with E-state index in [0.29, 0.717) is 17.5 Å². The zero-order valence-electron chi connectivity index (χ0n) is 19.4. The summed E-state index contributed by atoms with van der Waals surface area (Å²) in [4.78, 5) is 15.8. The molecule has 3 aromatic rings. The first-order chi connectivity index (χ1) is 15.5. The third-order valence-electron chi connectivity index (χ3n) is 4.85. The summed E-state index contributed by atoms with van der Waals surface area (Å²) in [5.41, 5.74) is 3.19. The first-order valence-electron chi connectivity index (χ1n) is 10.4. The number of likely N-dealkylation sites (N-methyl/N-ethyl adjacent to an activating group) is 1. The van der Waals surface area contributed by atoms with Gasteiger partial charge in [0.15, 0.2) is 12.4 Å². The van der Waals surface area contributed by atoms with E-state index in [2.05, 4.69) is 21.5 Å². The monoisotopic (exact) mass is 472 g/mol. The van der Waals surface area contributed by atoms with Crippen LogP contribution in [-0.2, 0) is 27.8 Å². The summed E-state index contributed by atoms with van der Waals surface area (Å²) in [5, 5.41) is 6.49. The Morgan fingerprint density at radius 1 is 1.09 bits per heavy atom. The molecule has 0 bridgehead atoms. The number of anilines is 1. The second-order valence-electron chi connectivity index (χ2n) is 7.97. The van der Waals surface area contributed by atoms with Crippen LogP contribution in [0.5, 0.6) is 5.75 Å². The maximum absolute atomic E-state index is 13.1. The number of carbonyl (C=O) groups excluding carboxylic acids is 1. The highest BCUT2D eigenvalue weighted by atomic mass is 32.2. The summed E-state index contributed by atoms with van der Waals surface area (Å²) >= 11 is 0. The number of carbonyl (C=O) groups is 1. The number of benzene rings is 2. The fraction of sp³-hybridized carbons (Fsp3) is 0.348. The van der Waals surface area contributed by atoms with E-state index < -0.39 is 10.0 Å². The maximum atomic E-state index is 13.1. The molecule has 2 aromatic carbocycles. The molecule has 0 aliphatic carbocycles. The highest BCUT2D eigenvalue weighted by Gasteiger charge is 2.25. The number of nitrogens with zero attached hydrogens (tertiary/aromatic N) is 3. The summed E-state index contributed by atoms with van der Waals surface area (Å²) in [6, 6.07) is 10.8. The SMILES string of the molecule is CC(=O)Nc1ccc(C)cc1S(=O)(=O)N(C)CCc1noc(COc2cc(C)cc(C)c2)n1. The van der Waals surface area contributed by atoms with Crippen LogP contribution in [0.3, 0.4) is 0 Å². The average molecular weight is 473 g/mol. The van der Waals surface area contributed by atoms with Gasteiger partial charge in [0, 0.05) is 26.9 Å². The molecule has 0 aliphatic rings. The second-order valence-corrected chi connectivity index (χ2v) is 9.99. The number of aromatic nitrogens is 2. The van der Waals surface area contributed by atoms with Crippen molar-refractivity contribution < 1.29 is 22.5 Å². The van der Waals surface area contributed by atoms with Crippen LogP contribution in [0.25, 0.3) is 0 Å². The van der Waals surface area contributed by atoms with Gasteiger partial charge in [-0.15, -0.1) is 0 Å². The normalized spacial score (nSPS) is 11.6. The van der Waals surface area contributed by atoms with Gasteiger partial charge < -0.3 is 14.6 Å². The van der Waals surface area contributed by atoms with Crippen molar-refractivity contribution in [2.24, 2.45) is 0 Å². The zero-order valence-corrected chi connectivity index (χ0v) is 20.2. The molecule has 0 saturated carbocycles. The lowest BCUT2D eigenvalue weighted by molar-refractivity contribution is -0.114. The molecule has 1 N–H and O–H groups in total. The first-order valence-corrected chi connectivity index (χ1v) is 11.9. The number of ether oxygens (including phenoxy) is 1. The Labute approximate surface area is 193 Å². The number of rotatable bonds is 9. The lowest BCUT2D eigenvalue weighted by atomic mass is 10.1. The summed E-state index contributed by atoms with van der Waals surface area (Å²) in [6.45, 7) is 7.35. The van der Waals surface area contributed by atoms with Gasteiger partial charge in [0.25, 0.3) is 5.89 Å². The van der Waals surface area contributed by atoms with Crippen LogP contribution in [0.2, 0.25) is 0 Å². The molecule has 1 amide bonds. The fourth-order valence-electron chi connectivity index (χ4n) is 3.29. The number of amides is 1. The van der Waals surface area contributed by atoms with Crippen molar-refractivity contribution in [1.29, 1.82) is 0 Å². The lowest BCUT2D eigenvalue weighted by Crippen LogP contribution is -2.30. The number of hydrogen-bond donors (Lipinski definition) is 1. The molecule has 33 heavy (non-hydrogen) atoms. The van der Waals surface area contributed by atoms with Crippen molar-refractivity contribution >= 4 is 21.6 Å². The Balaban J connectivity index is 1.64. The Morgan fingerprint density at radius 3 is 2.45 bits per heavy atom. The number of aryl methyl sites for hydroxylation is 3. The maximum Gasteiger partial charge on any atom is 0.264 e. The van der Waals surface area contributed by atoms with Gasteiger partial charge >= 0.3 is 0 Å². The predicted octanol–water partition coefficient (Wildman–Crippen LogP) is 3.40. The van der Waals surface area contributed by atoms with Crippen LogP contribution < -0.4 is 10.1 Å². The van der Waals surface area contributed by atoms with Crippen LogP contribution in [0.4, 0.5) is 5.69 Å². The Bertz CT molecular complexity index is 1230. The van der Waals surface area contributed by atoms with Crippen molar-refractivity contribution in [2.75, 3.05) is 18.9 Å². The van der Waals surface area contributed by atoms with Gasteiger partial charge in [-0.05, 0) is 61.7 Å². The van der Waals surface area contributed by atoms with Crippen LogP contribution in [0.15, 0.2) is 45.8 Å². The molecule has 9 nitrogen and oxygen atoms in total. The number of sulfonamides is 1. The molecule has 0 aliphatic heterocycles. The highest BCUT2D eigenvalue weighted by molar-refractivity contribution is 7.89. The van der Waals surface area contributed by atoms with Crippen molar-refractivity contribution in [3.63, 3.8) is 0 Å². The molecular weight excluding hydrogens is 444 g/mol. The first kappa shape index (κ1) is 24.4. The molecule has 176 valence electrons. The minimum Gasteiger partial charge on any atom is -0.484 e. The molecule has 0 fully saturated rings. The summed E-state index contributed by atoms with van der Waals surface area (Å²) in [5.74, 6) is 1.05. The van der Waals surface area contributed by atoms with Crippen molar-refractivity contribution in [2.45, 2.75) is 45.6 Å². The van der Waals surface area contributed by atoms with Crippen LogP contribution in [0, 0.1) is 20.8 Å². The molecule has 3 rings (SSSR count). The van der Waals surface area contributed by atoms with Crippen LogP contribution in [-0.4, -0.2) is 42.4 Å². The van der Waals surface area contributed by atoms with Gasteiger partial charge in [-0.1, -0.05) is 17.3 Å². The minimum absolute atomic E-state index is 0.0378. The largest absolute Gasteiger partial charge is 0.484 e. The molecule has 0 saturated heterocycles. The van der Waals surface area contributed by atoms with Gasteiger partial charge in [0.1, 0.15) is 10.6 Å². The minimum atomic E-state index is -3.85. The zero-order chi connectivity index (χ0) is 24.2. The molecule has 10 heteroatoms. The van der Waals surface area contributed by atoms with Crippen molar-refractivity contribution in [1.82, 2.24) is 14.4 Å². The van der Waals surface area contributed by atoms with E-state index in [1.807, 2.05) is 26.0 Å². The standard InChI is InChI=1S/C23H28N4O5S/c1-15-6-7-20(24-18(4)28)21(13-15)33(29,30)27(5)9-8-22-25-23(32-26-22)14-31-19-11-16(2)10-17(3)12-19/h6-7,10-13H,8-9,14H2,1-5H3,(H,24,28). The van der Waals surface area contributed by atoms with Crippen LogP contribution >= 0.6 is 0 Å². The summed E-state index contributed by atoms with van der Waals surface area (Å²) < 4.78 is 38.4. The molecular formula is C23H28N4O5S. The number of hydrogen-bond acceptors (Lipinski definition) is 7. The molecule has 0 radical (unpaired) electrons. The van der Waals surface area contributed by atoms with E-state index >= 15 is 0 Å². The van der Waals surface area contributed by atoms with Gasteiger partial charge in [0.05, 0.1) is 5.69 Å². The smallest absolute Gasteiger partial charge is 0.264 e. The van der Waals surface area contributed by atoms with E-state index in [9.17, 15) is 13.2 Å². The van der Waals surface area contributed by atoms with Crippen molar-refractivity contribution in [3.05, 3.63) is 64.8 Å². The van der Waals surface area contributed by atoms with Gasteiger partial charge in [-0.2, -0.15) is 4.98 Å². The van der Waals surface area contributed by atoms with E-state index in [1.165, 1.54) is 24.3 Å². The van der Waals surface area contributed by atoms with Crippen molar-refractivity contribution in [3.8, 4) is 5.75 Å². The van der Waals surface area contributed by atoms with E-state index in [1.54, 1.807) is 19.1 Å². The quantitative estimate of drug-likeness (QED) is 0.508. The topological polar surface area (TPSA) is 115 Å². The summed E-state index contributed by atoms with van der Waals surface area (Å²) in [6.07, 6.45) is 0.254.